The second-order valence-electron chi connectivity index (χ2n) is 3.26. The molecule has 0 spiro atoms. The van der Waals surface area contributed by atoms with Crippen LogP contribution >= 0.6 is 33.9 Å². The van der Waals surface area contributed by atoms with E-state index in [1.165, 1.54) is 14.9 Å². The maximum Gasteiger partial charge on any atom is 0.101 e. The predicted molar refractivity (Wildman–Crippen MR) is 69.9 cm³/mol. The van der Waals surface area contributed by atoms with E-state index < -0.39 is 6.10 Å². The SMILES string of the molecule is OC(Cc1ccc(I)cc1)c1cscn1. The van der Waals surface area contributed by atoms with Crippen LogP contribution in [0.2, 0.25) is 0 Å². The Balaban J connectivity index is 2.06. The summed E-state index contributed by atoms with van der Waals surface area (Å²) in [5.74, 6) is 0. The van der Waals surface area contributed by atoms with Gasteiger partial charge in [0, 0.05) is 15.4 Å². The molecule has 0 bridgehead atoms. The number of aliphatic hydroxyl groups is 1. The van der Waals surface area contributed by atoms with E-state index in [1.807, 2.05) is 29.6 Å². The largest absolute Gasteiger partial charge is 0.386 e. The molecule has 1 aromatic carbocycles. The third-order valence-corrected chi connectivity index (χ3v) is 3.46. The summed E-state index contributed by atoms with van der Waals surface area (Å²) in [7, 11) is 0. The maximum atomic E-state index is 9.87. The zero-order valence-corrected chi connectivity index (χ0v) is 10.9. The van der Waals surface area contributed by atoms with Gasteiger partial charge >= 0.3 is 0 Å². The van der Waals surface area contributed by atoms with Crippen molar-refractivity contribution in [2.45, 2.75) is 12.5 Å². The van der Waals surface area contributed by atoms with Crippen LogP contribution in [0.25, 0.3) is 0 Å². The summed E-state index contributed by atoms with van der Waals surface area (Å²) in [6, 6.07) is 8.17. The lowest BCUT2D eigenvalue weighted by Gasteiger charge is -2.07. The van der Waals surface area contributed by atoms with Gasteiger partial charge in [-0.05, 0) is 40.3 Å². The number of hydrogen-bond acceptors (Lipinski definition) is 3. The molecule has 0 saturated heterocycles. The number of benzene rings is 1. The van der Waals surface area contributed by atoms with Crippen molar-refractivity contribution < 1.29 is 5.11 Å². The van der Waals surface area contributed by atoms with Crippen molar-refractivity contribution in [2.24, 2.45) is 0 Å². The average molecular weight is 331 g/mol. The summed E-state index contributed by atoms with van der Waals surface area (Å²) in [6.07, 6.45) is 0.136. The third kappa shape index (κ3) is 2.99. The van der Waals surface area contributed by atoms with Gasteiger partial charge in [0.15, 0.2) is 0 Å². The van der Waals surface area contributed by atoms with Crippen LogP contribution in [0.3, 0.4) is 0 Å². The van der Waals surface area contributed by atoms with Gasteiger partial charge in [-0.2, -0.15) is 0 Å². The van der Waals surface area contributed by atoms with Crippen LogP contribution < -0.4 is 0 Å². The first kappa shape index (κ1) is 11.0. The van der Waals surface area contributed by atoms with Crippen LogP contribution in [0, 0.1) is 3.57 Å². The first-order chi connectivity index (χ1) is 7.25. The van der Waals surface area contributed by atoms with Crippen molar-refractivity contribution in [3.05, 3.63) is 50.0 Å². The summed E-state index contributed by atoms with van der Waals surface area (Å²) in [5.41, 5.74) is 3.64. The van der Waals surface area contributed by atoms with Gasteiger partial charge in [-0.15, -0.1) is 11.3 Å². The Bertz CT molecular complexity index is 413. The standard InChI is InChI=1S/C11H10INOS/c12-9-3-1-8(2-4-9)5-11(14)10-6-15-7-13-10/h1-4,6-7,11,14H,5H2. The van der Waals surface area contributed by atoms with E-state index >= 15 is 0 Å². The minimum atomic E-state index is -0.490. The van der Waals surface area contributed by atoms with Crippen LogP contribution in [-0.4, -0.2) is 10.1 Å². The highest BCUT2D eigenvalue weighted by Crippen LogP contribution is 2.18. The molecule has 1 atom stereocenters. The van der Waals surface area contributed by atoms with Crippen molar-refractivity contribution in [2.75, 3.05) is 0 Å². The van der Waals surface area contributed by atoms with E-state index in [0.717, 1.165) is 11.3 Å². The smallest absolute Gasteiger partial charge is 0.101 e. The van der Waals surface area contributed by atoms with E-state index in [0.29, 0.717) is 6.42 Å². The Morgan fingerprint density at radius 1 is 1.33 bits per heavy atom. The zero-order chi connectivity index (χ0) is 10.7. The number of halogens is 1. The van der Waals surface area contributed by atoms with Crippen molar-refractivity contribution in [1.82, 2.24) is 4.98 Å². The molecule has 1 N–H and O–H groups in total. The first-order valence-electron chi connectivity index (χ1n) is 4.56. The second-order valence-corrected chi connectivity index (χ2v) is 5.22. The van der Waals surface area contributed by atoms with Crippen LogP contribution in [0.15, 0.2) is 35.2 Å². The molecule has 0 radical (unpaired) electrons. The van der Waals surface area contributed by atoms with E-state index in [9.17, 15) is 5.11 Å². The molecule has 2 aromatic rings. The van der Waals surface area contributed by atoms with Crippen molar-refractivity contribution in [1.29, 1.82) is 0 Å². The fourth-order valence-corrected chi connectivity index (χ4v) is 2.30. The molecule has 2 nitrogen and oxygen atoms in total. The number of nitrogens with zero attached hydrogens (tertiary/aromatic N) is 1. The molecule has 78 valence electrons. The molecule has 0 aliphatic carbocycles. The van der Waals surface area contributed by atoms with Crippen LogP contribution in [0.1, 0.15) is 17.4 Å². The fraction of sp³-hybridized carbons (Fsp3) is 0.182. The molecule has 0 saturated carbocycles. The average Bonchev–Trinajstić information content (AvgIpc) is 2.74. The molecule has 0 aliphatic rings. The molecule has 2 rings (SSSR count). The Morgan fingerprint density at radius 3 is 2.67 bits per heavy atom. The molecule has 0 aliphatic heterocycles. The van der Waals surface area contributed by atoms with Gasteiger partial charge < -0.3 is 5.11 Å². The van der Waals surface area contributed by atoms with Gasteiger partial charge in [-0.25, -0.2) is 4.98 Å². The van der Waals surface area contributed by atoms with Crippen molar-refractivity contribution >= 4 is 33.9 Å². The van der Waals surface area contributed by atoms with Crippen LogP contribution in [0.5, 0.6) is 0 Å². The Hall–Kier alpha value is -0.460. The minimum absolute atomic E-state index is 0.490. The molecule has 1 unspecified atom stereocenters. The molecule has 0 fully saturated rings. The molecule has 0 amide bonds. The Kier molecular flexibility index (Phi) is 3.71. The van der Waals surface area contributed by atoms with E-state index in [1.54, 1.807) is 5.51 Å². The second kappa shape index (κ2) is 5.05. The maximum absolute atomic E-state index is 9.87. The third-order valence-electron chi connectivity index (χ3n) is 2.14. The number of hydrogen-bond donors (Lipinski definition) is 1. The summed E-state index contributed by atoms with van der Waals surface area (Å²) in [6.45, 7) is 0. The lowest BCUT2D eigenvalue weighted by Crippen LogP contribution is -2.01. The lowest BCUT2D eigenvalue weighted by molar-refractivity contribution is 0.174. The number of rotatable bonds is 3. The fourth-order valence-electron chi connectivity index (χ4n) is 1.33. The van der Waals surface area contributed by atoms with E-state index in [-0.39, 0.29) is 0 Å². The van der Waals surface area contributed by atoms with E-state index in [2.05, 4.69) is 27.6 Å². The minimum Gasteiger partial charge on any atom is -0.386 e. The monoisotopic (exact) mass is 331 g/mol. The molecule has 4 heteroatoms. The highest BCUT2D eigenvalue weighted by molar-refractivity contribution is 14.1. The summed E-state index contributed by atoms with van der Waals surface area (Å²) in [4.78, 5) is 4.10. The highest BCUT2D eigenvalue weighted by Gasteiger charge is 2.09. The van der Waals surface area contributed by atoms with Gasteiger partial charge in [0.25, 0.3) is 0 Å². The van der Waals surface area contributed by atoms with Crippen molar-refractivity contribution in [3.8, 4) is 0 Å². The zero-order valence-electron chi connectivity index (χ0n) is 7.93. The summed E-state index contributed by atoms with van der Waals surface area (Å²) < 4.78 is 1.21. The van der Waals surface area contributed by atoms with Crippen LogP contribution in [0.4, 0.5) is 0 Å². The number of thiazole rings is 1. The van der Waals surface area contributed by atoms with E-state index in [4.69, 9.17) is 0 Å². The Morgan fingerprint density at radius 2 is 2.07 bits per heavy atom. The topological polar surface area (TPSA) is 33.1 Å². The molecular weight excluding hydrogens is 321 g/mol. The highest BCUT2D eigenvalue weighted by atomic mass is 127. The van der Waals surface area contributed by atoms with Gasteiger partial charge in [0.2, 0.25) is 0 Å². The quantitative estimate of drug-likeness (QED) is 0.877. The summed E-state index contributed by atoms with van der Waals surface area (Å²) >= 11 is 3.78. The van der Waals surface area contributed by atoms with Gasteiger partial charge in [0.1, 0.15) is 6.10 Å². The van der Waals surface area contributed by atoms with Gasteiger partial charge in [0.05, 0.1) is 11.2 Å². The molecule has 15 heavy (non-hydrogen) atoms. The van der Waals surface area contributed by atoms with Crippen LogP contribution in [-0.2, 0) is 6.42 Å². The predicted octanol–water partition coefficient (Wildman–Crippen LogP) is 3.02. The summed E-state index contributed by atoms with van der Waals surface area (Å²) in [5, 5.41) is 11.8. The molecule has 1 heterocycles. The van der Waals surface area contributed by atoms with Crippen molar-refractivity contribution in [3.63, 3.8) is 0 Å². The Labute approximate surface area is 106 Å². The normalized spacial score (nSPS) is 12.7. The van der Waals surface area contributed by atoms with Gasteiger partial charge in [-0.3, -0.25) is 0 Å². The molecule has 1 aromatic heterocycles. The lowest BCUT2D eigenvalue weighted by atomic mass is 10.1. The van der Waals surface area contributed by atoms with Gasteiger partial charge in [-0.1, -0.05) is 12.1 Å². The first-order valence-corrected chi connectivity index (χ1v) is 6.58. The molecular formula is C11H10INOS. The number of aliphatic hydroxyl groups excluding tert-OH is 1. The number of aromatic nitrogens is 1.